The summed E-state index contributed by atoms with van der Waals surface area (Å²) in [5, 5.41) is 3.09. The molecule has 4 rings (SSSR count). The van der Waals surface area contributed by atoms with Gasteiger partial charge in [0.05, 0.1) is 11.6 Å². The fourth-order valence-electron chi connectivity index (χ4n) is 4.68. The summed E-state index contributed by atoms with van der Waals surface area (Å²) in [6, 6.07) is 17.7. The summed E-state index contributed by atoms with van der Waals surface area (Å²) in [6.07, 6.45) is 1.74. The van der Waals surface area contributed by atoms with Crippen LogP contribution in [0.4, 0.5) is 5.69 Å². The second-order valence-corrected chi connectivity index (χ2v) is 8.60. The number of amides is 2. The van der Waals surface area contributed by atoms with Crippen molar-refractivity contribution in [2.45, 2.75) is 46.2 Å². The van der Waals surface area contributed by atoms with Crippen molar-refractivity contribution >= 4 is 17.5 Å². The van der Waals surface area contributed by atoms with Gasteiger partial charge in [-0.2, -0.15) is 0 Å². The van der Waals surface area contributed by atoms with Crippen LogP contribution in [-0.4, -0.2) is 33.9 Å². The van der Waals surface area contributed by atoms with Gasteiger partial charge >= 0.3 is 0 Å². The third-order valence-corrected chi connectivity index (χ3v) is 6.27. The van der Waals surface area contributed by atoms with E-state index in [-0.39, 0.29) is 17.9 Å². The molecule has 0 saturated carbocycles. The Hall–Kier alpha value is -3.38. The highest BCUT2D eigenvalue weighted by atomic mass is 16.2. The van der Waals surface area contributed by atoms with Gasteiger partial charge in [-0.05, 0) is 75.5 Å². The summed E-state index contributed by atoms with van der Waals surface area (Å²) in [7, 11) is 0. The number of carbonyl (C=O) groups excluding carboxylic acids is 2. The first-order valence-electron chi connectivity index (χ1n) is 11.0. The number of likely N-dealkylation sites (tertiary alicyclic amines) is 1. The molecular formula is C26H30N4O2. The number of benzene rings is 2. The molecule has 1 atom stereocenters. The lowest BCUT2D eigenvalue weighted by Crippen LogP contribution is -2.39. The summed E-state index contributed by atoms with van der Waals surface area (Å²) in [5.41, 5.74) is 12.1. The fourth-order valence-corrected chi connectivity index (χ4v) is 4.68. The van der Waals surface area contributed by atoms with Gasteiger partial charge < -0.3 is 15.6 Å². The number of nitrogens with two attached hydrogens (primary N) is 1. The predicted octanol–water partition coefficient (Wildman–Crippen LogP) is 4.10. The number of carbonyl (C=O) groups is 2. The SMILES string of the molecule is Cc1cccc(-n2c(C)cc(C(=O)Nc3ccccc3CN3CCCC3C(N)=O)c2C)c1. The van der Waals surface area contributed by atoms with Crippen molar-refractivity contribution in [1.82, 2.24) is 9.47 Å². The molecule has 6 heteroatoms. The van der Waals surface area contributed by atoms with Crippen LogP contribution in [0.3, 0.4) is 0 Å². The highest BCUT2D eigenvalue weighted by Gasteiger charge is 2.29. The molecule has 1 saturated heterocycles. The lowest BCUT2D eigenvalue weighted by molar-refractivity contribution is -0.122. The summed E-state index contributed by atoms with van der Waals surface area (Å²) in [5.74, 6) is -0.426. The predicted molar refractivity (Wildman–Crippen MR) is 127 cm³/mol. The maximum atomic E-state index is 13.2. The Morgan fingerprint density at radius 2 is 1.84 bits per heavy atom. The van der Waals surface area contributed by atoms with E-state index in [0.717, 1.165) is 47.7 Å². The second-order valence-electron chi connectivity index (χ2n) is 8.60. The molecule has 6 nitrogen and oxygen atoms in total. The van der Waals surface area contributed by atoms with Gasteiger partial charge in [-0.15, -0.1) is 0 Å². The van der Waals surface area contributed by atoms with Crippen LogP contribution in [0.25, 0.3) is 5.69 Å². The largest absolute Gasteiger partial charge is 0.368 e. The Bertz CT molecular complexity index is 1160. The first kappa shape index (κ1) is 21.8. The smallest absolute Gasteiger partial charge is 0.257 e. The van der Waals surface area contributed by atoms with E-state index in [0.29, 0.717) is 12.1 Å². The summed E-state index contributed by atoms with van der Waals surface area (Å²) in [4.78, 5) is 27.1. The molecule has 1 fully saturated rings. The van der Waals surface area contributed by atoms with Crippen LogP contribution in [0.15, 0.2) is 54.6 Å². The molecular weight excluding hydrogens is 400 g/mol. The first-order chi connectivity index (χ1) is 15.3. The van der Waals surface area contributed by atoms with Crippen LogP contribution in [0.5, 0.6) is 0 Å². The minimum atomic E-state index is -0.285. The van der Waals surface area contributed by atoms with Crippen molar-refractivity contribution in [2.75, 3.05) is 11.9 Å². The molecule has 166 valence electrons. The van der Waals surface area contributed by atoms with Gasteiger partial charge in [0.2, 0.25) is 5.91 Å². The minimum Gasteiger partial charge on any atom is -0.368 e. The van der Waals surface area contributed by atoms with E-state index in [1.807, 2.05) is 50.2 Å². The average molecular weight is 431 g/mol. The number of nitrogens with one attached hydrogen (secondary N) is 1. The van der Waals surface area contributed by atoms with E-state index in [2.05, 4.69) is 39.9 Å². The van der Waals surface area contributed by atoms with E-state index in [1.54, 1.807) is 0 Å². The van der Waals surface area contributed by atoms with Gasteiger partial charge in [0.25, 0.3) is 5.91 Å². The number of primary amides is 1. The van der Waals surface area contributed by atoms with Crippen LogP contribution in [0.1, 0.15) is 45.7 Å². The number of nitrogens with zero attached hydrogens (tertiary/aromatic N) is 2. The lowest BCUT2D eigenvalue weighted by atomic mass is 10.1. The highest BCUT2D eigenvalue weighted by Crippen LogP contribution is 2.26. The molecule has 1 aliphatic rings. The third-order valence-electron chi connectivity index (χ3n) is 6.27. The summed E-state index contributed by atoms with van der Waals surface area (Å²) >= 11 is 0. The van der Waals surface area contributed by atoms with Gasteiger partial charge in [0.1, 0.15) is 0 Å². The molecule has 1 aromatic heterocycles. The Kier molecular flexibility index (Phi) is 6.15. The van der Waals surface area contributed by atoms with Crippen LogP contribution in [0.2, 0.25) is 0 Å². The van der Waals surface area contributed by atoms with E-state index in [1.165, 1.54) is 5.56 Å². The number of hydrogen-bond acceptors (Lipinski definition) is 3. The number of hydrogen-bond donors (Lipinski definition) is 2. The molecule has 0 aliphatic carbocycles. The van der Waals surface area contributed by atoms with Crippen LogP contribution < -0.4 is 11.1 Å². The molecule has 0 bridgehead atoms. The topological polar surface area (TPSA) is 80.4 Å². The molecule has 1 unspecified atom stereocenters. The number of aryl methyl sites for hydroxylation is 2. The molecule has 1 aliphatic heterocycles. The minimum absolute atomic E-state index is 0.141. The van der Waals surface area contributed by atoms with Crippen molar-refractivity contribution in [2.24, 2.45) is 5.73 Å². The number of para-hydroxylation sites is 1. The normalized spacial score (nSPS) is 16.3. The number of rotatable bonds is 6. The fraction of sp³-hybridized carbons (Fsp3) is 0.308. The molecule has 2 amide bonds. The standard InChI is InChI=1S/C26H30N4O2/c1-17-8-6-10-21(14-17)30-18(2)15-22(19(30)3)26(32)28-23-11-5-4-9-20(23)16-29-13-7-12-24(29)25(27)31/h4-6,8-11,14-15,24H,7,12-13,16H2,1-3H3,(H2,27,31)(H,28,32). The van der Waals surface area contributed by atoms with Crippen molar-refractivity contribution in [3.05, 3.63) is 82.7 Å². The lowest BCUT2D eigenvalue weighted by Gasteiger charge is -2.23. The maximum absolute atomic E-state index is 13.2. The zero-order valence-electron chi connectivity index (χ0n) is 18.9. The Balaban J connectivity index is 1.58. The van der Waals surface area contributed by atoms with Crippen molar-refractivity contribution in [1.29, 1.82) is 0 Å². The monoisotopic (exact) mass is 430 g/mol. The van der Waals surface area contributed by atoms with Crippen molar-refractivity contribution < 1.29 is 9.59 Å². The summed E-state index contributed by atoms with van der Waals surface area (Å²) < 4.78 is 2.11. The molecule has 3 N–H and O–H groups in total. The Labute approximate surface area is 189 Å². The Morgan fingerprint density at radius 3 is 2.59 bits per heavy atom. The number of anilines is 1. The zero-order chi connectivity index (χ0) is 22.8. The number of aromatic nitrogens is 1. The molecule has 2 aromatic carbocycles. The van der Waals surface area contributed by atoms with Crippen LogP contribution >= 0.6 is 0 Å². The van der Waals surface area contributed by atoms with Gasteiger partial charge in [0, 0.05) is 29.3 Å². The van der Waals surface area contributed by atoms with Gasteiger partial charge in [-0.25, -0.2) is 0 Å². The Morgan fingerprint density at radius 1 is 1.06 bits per heavy atom. The van der Waals surface area contributed by atoms with E-state index in [4.69, 9.17) is 5.73 Å². The van der Waals surface area contributed by atoms with E-state index < -0.39 is 0 Å². The molecule has 0 spiro atoms. The molecule has 0 radical (unpaired) electrons. The maximum Gasteiger partial charge on any atom is 0.257 e. The van der Waals surface area contributed by atoms with Crippen molar-refractivity contribution in [3.63, 3.8) is 0 Å². The summed E-state index contributed by atoms with van der Waals surface area (Å²) in [6.45, 7) is 7.44. The van der Waals surface area contributed by atoms with E-state index in [9.17, 15) is 9.59 Å². The quantitative estimate of drug-likeness (QED) is 0.618. The van der Waals surface area contributed by atoms with Gasteiger partial charge in [-0.3, -0.25) is 14.5 Å². The average Bonchev–Trinajstić information content (AvgIpc) is 3.33. The van der Waals surface area contributed by atoms with Gasteiger partial charge in [0.15, 0.2) is 0 Å². The second kappa shape index (κ2) is 9.01. The molecule has 3 aromatic rings. The van der Waals surface area contributed by atoms with Crippen LogP contribution in [0, 0.1) is 20.8 Å². The molecule has 2 heterocycles. The van der Waals surface area contributed by atoms with E-state index >= 15 is 0 Å². The molecule has 32 heavy (non-hydrogen) atoms. The highest BCUT2D eigenvalue weighted by molar-refractivity contribution is 6.05. The van der Waals surface area contributed by atoms with Crippen molar-refractivity contribution in [3.8, 4) is 5.69 Å². The van der Waals surface area contributed by atoms with Gasteiger partial charge in [-0.1, -0.05) is 30.3 Å². The third kappa shape index (κ3) is 4.32. The van der Waals surface area contributed by atoms with Crippen LogP contribution in [-0.2, 0) is 11.3 Å². The first-order valence-corrected chi connectivity index (χ1v) is 11.0. The zero-order valence-corrected chi connectivity index (χ0v) is 18.9.